The predicted octanol–water partition coefficient (Wildman–Crippen LogP) is 2.61. The maximum absolute atomic E-state index is 11.9. The van der Waals surface area contributed by atoms with Crippen LogP contribution in [-0.4, -0.2) is 25.3 Å². The standard InChI is InChI=1S/C15H22N2O2/c1-12(18)7-4-3-5-10-17-15(19)13-8-6-9-14(11-13)16-2/h6,8-9,11,16H,3-5,7,10H2,1-2H3,(H,17,19). The molecular formula is C15H22N2O2. The van der Waals surface area contributed by atoms with Gasteiger partial charge in [-0.05, 0) is 38.0 Å². The monoisotopic (exact) mass is 262 g/mol. The van der Waals surface area contributed by atoms with E-state index in [2.05, 4.69) is 10.6 Å². The molecule has 4 nitrogen and oxygen atoms in total. The van der Waals surface area contributed by atoms with Crippen molar-refractivity contribution in [2.75, 3.05) is 18.9 Å². The highest BCUT2D eigenvalue weighted by molar-refractivity contribution is 5.95. The molecule has 0 radical (unpaired) electrons. The Kier molecular flexibility index (Phi) is 6.64. The second-order valence-corrected chi connectivity index (χ2v) is 4.60. The van der Waals surface area contributed by atoms with E-state index in [0.29, 0.717) is 18.5 Å². The van der Waals surface area contributed by atoms with Gasteiger partial charge in [0, 0.05) is 31.3 Å². The van der Waals surface area contributed by atoms with E-state index < -0.39 is 0 Å². The van der Waals surface area contributed by atoms with Crippen molar-refractivity contribution in [3.8, 4) is 0 Å². The molecule has 0 bridgehead atoms. The number of anilines is 1. The highest BCUT2D eigenvalue weighted by atomic mass is 16.1. The third kappa shape index (κ3) is 6.04. The molecule has 0 saturated heterocycles. The first-order valence-electron chi connectivity index (χ1n) is 6.69. The van der Waals surface area contributed by atoms with Gasteiger partial charge in [-0.2, -0.15) is 0 Å². The summed E-state index contributed by atoms with van der Waals surface area (Å²) in [7, 11) is 1.83. The zero-order valence-electron chi connectivity index (χ0n) is 11.7. The number of nitrogens with one attached hydrogen (secondary N) is 2. The van der Waals surface area contributed by atoms with Gasteiger partial charge in [-0.1, -0.05) is 12.5 Å². The summed E-state index contributed by atoms with van der Waals surface area (Å²) >= 11 is 0. The van der Waals surface area contributed by atoms with E-state index >= 15 is 0 Å². The lowest BCUT2D eigenvalue weighted by Gasteiger charge is -2.06. The molecule has 0 atom stereocenters. The second kappa shape index (κ2) is 8.29. The molecule has 0 aliphatic rings. The van der Waals surface area contributed by atoms with Gasteiger partial charge in [0.15, 0.2) is 0 Å². The smallest absolute Gasteiger partial charge is 0.251 e. The Balaban J connectivity index is 2.25. The number of carbonyl (C=O) groups excluding carboxylic acids is 2. The highest BCUT2D eigenvalue weighted by Gasteiger charge is 2.04. The van der Waals surface area contributed by atoms with Crippen molar-refractivity contribution >= 4 is 17.4 Å². The zero-order valence-corrected chi connectivity index (χ0v) is 11.7. The number of hydrogen-bond acceptors (Lipinski definition) is 3. The van der Waals surface area contributed by atoms with Gasteiger partial charge in [-0.15, -0.1) is 0 Å². The Hall–Kier alpha value is -1.84. The Morgan fingerprint density at radius 2 is 1.95 bits per heavy atom. The Morgan fingerprint density at radius 3 is 2.63 bits per heavy atom. The molecule has 104 valence electrons. The first kappa shape index (κ1) is 15.2. The van der Waals surface area contributed by atoms with Crippen LogP contribution in [0, 0.1) is 0 Å². The minimum atomic E-state index is -0.0522. The molecule has 0 spiro atoms. The van der Waals surface area contributed by atoms with E-state index in [1.165, 1.54) is 0 Å². The van der Waals surface area contributed by atoms with Crippen LogP contribution < -0.4 is 10.6 Å². The average molecular weight is 262 g/mol. The van der Waals surface area contributed by atoms with Crippen molar-refractivity contribution in [3.05, 3.63) is 29.8 Å². The van der Waals surface area contributed by atoms with Gasteiger partial charge in [0.1, 0.15) is 5.78 Å². The number of benzene rings is 1. The molecule has 0 aliphatic heterocycles. The predicted molar refractivity (Wildman–Crippen MR) is 77.5 cm³/mol. The van der Waals surface area contributed by atoms with Crippen LogP contribution in [0.4, 0.5) is 5.69 Å². The van der Waals surface area contributed by atoms with E-state index in [1.54, 1.807) is 13.0 Å². The lowest BCUT2D eigenvalue weighted by Crippen LogP contribution is -2.24. The number of Topliss-reactive ketones (excluding diaryl/α,β-unsaturated/α-hetero) is 1. The summed E-state index contributed by atoms with van der Waals surface area (Å²) < 4.78 is 0. The maximum atomic E-state index is 11.9. The molecule has 0 aliphatic carbocycles. The highest BCUT2D eigenvalue weighted by Crippen LogP contribution is 2.09. The van der Waals surface area contributed by atoms with Gasteiger partial charge >= 0.3 is 0 Å². The number of hydrogen-bond donors (Lipinski definition) is 2. The van der Waals surface area contributed by atoms with Crippen molar-refractivity contribution in [2.24, 2.45) is 0 Å². The fourth-order valence-electron chi connectivity index (χ4n) is 1.80. The number of amides is 1. The van der Waals surface area contributed by atoms with Crippen LogP contribution in [0.2, 0.25) is 0 Å². The summed E-state index contributed by atoms with van der Waals surface area (Å²) in [5, 5.41) is 5.89. The van der Waals surface area contributed by atoms with Crippen LogP contribution in [-0.2, 0) is 4.79 Å². The minimum absolute atomic E-state index is 0.0522. The van der Waals surface area contributed by atoms with E-state index in [4.69, 9.17) is 0 Å². The third-order valence-corrected chi connectivity index (χ3v) is 2.90. The number of unbranched alkanes of at least 4 members (excludes halogenated alkanes) is 2. The van der Waals surface area contributed by atoms with Crippen molar-refractivity contribution in [2.45, 2.75) is 32.6 Å². The number of carbonyl (C=O) groups is 2. The molecule has 19 heavy (non-hydrogen) atoms. The number of rotatable bonds is 8. The molecular weight excluding hydrogens is 240 g/mol. The third-order valence-electron chi connectivity index (χ3n) is 2.90. The maximum Gasteiger partial charge on any atom is 0.251 e. The van der Waals surface area contributed by atoms with E-state index in [-0.39, 0.29) is 11.7 Å². The molecule has 0 fully saturated rings. The molecule has 1 aromatic rings. The second-order valence-electron chi connectivity index (χ2n) is 4.60. The average Bonchev–Trinajstić information content (AvgIpc) is 2.42. The molecule has 1 amide bonds. The first-order chi connectivity index (χ1) is 9.13. The lowest BCUT2D eigenvalue weighted by molar-refractivity contribution is -0.117. The van der Waals surface area contributed by atoms with Gasteiger partial charge < -0.3 is 15.4 Å². The zero-order chi connectivity index (χ0) is 14.1. The molecule has 0 heterocycles. The van der Waals surface area contributed by atoms with Crippen LogP contribution in [0.1, 0.15) is 43.0 Å². The fraction of sp³-hybridized carbons (Fsp3) is 0.467. The Labute approximate surface area is 114 Å². The van der Waals surface area contributed by atoms with Gasteiger partial charge in [-0.3, -0.25) is 4.79 Å². The van der Waals surface area contributed by atoms with Crippen LogP contribution in [0.5, 0.6) is 0 Å². The first-order valence-corrected chi connectivity index (χ1v) is 6.69. The Morgan fingerprint density at radius 1 is 1.16 bits per heavy atom. The molecule has 1 rings (SSSR count). The molecule has 0 saturated carbocycles. The summed E-state index contributed by atoms with van der Waals surface area (Å²) in [4.78, 5) is 22.6. The van der Waals surface area contributed by atoms with Crippen molar-refractivity contribution in [1.29, 1.82) is 0 Å². The van der Waals surface area contributed by atoms with E-state index in [1.807, 2.05) is 25.2 Å². The quantitative estimate of drug-likeness (QED) is 0.708. The Bertz CT molecular complexity index is 430. The summed E-state index contributed by atoms with van der Waals surface area (Å²) in [6.07, 6.45) is 3.42. The lowest BCUT2D eigenvalue weighted by atomic mass is 10.1. The molecule has 2 N–H and O–H groups in total. The van der Waals surface area contributed by atoms with Crippen molar-refractivity contribution < 1.29 is 9.59 Å². The van der Waals surface area contributed by atoms with E-state index in [9.17, 15) is 9.59 Å². The summed E-state index contributed by atoms with van der Waals surface area (Å²) in [5.74, 6) is 0.177. The van der Waals surface area contributed by atoms with Gasteiger partial charge in [-0.25, -0.2) is 0 Å². The SMILES string of the molecule is CNc1cccc(C(=O)NCCCCCC(C)=O)c1. The van der Waals surface area contributed by atoms with Crippen molar-refractivity contribution in [3.63, 3.8) is 0 Å². The fourth-order valence-corrected chi connectivity index (χ4v) is 1.80. The van der Waals surface area contributed by atoms with Crippen LogP contribution >= 0.6 is 0 Å². The molecule has 4 heteroatoms. The van der Waals surface area contributed by atoms with Crippen LogP contribution in [0.3, 0.4) is 0 Å². The largest absolute Gasteiger partial charge is 0.388 e. The van der Waals surface area contributed by atoms with Gasteiger partial charge in [0.2, 0.25) is 0 Å². The van der Waals surface area contributed by atoms with Gasteiger partial charge in [0.05, 0.1) is 0 Å². The summed E-state index contributed by atoms with van der Waals surface area (Å²) in [6.45, 7) is 2.26. The van der Waals surface area contributed by atoms with E-state index in [0.717, 1.165) is 24.9 Å². The molecule has 0 unspecified atom stereocenters. The normalized spacial score (nSPS) is 10.0. The van der Waals surface area contributed by atoms with Crippen molar-refractivity contribution in [1.82, 2.24) is 5.32 Å². The minimum Gasteiger partial charge on any atom is -0.388 e. The summed E-state index contributed by atoms with van der Waals surface area (Å²) in [6, 6.07) is 7.39. The van der Waals surface area contributed by atoms with Gasteiger partial charge in [0.25, 0.3) is 5.91 Å². The number of ketones is 1. The molecule has 1 aromatic carbocycles. The van der Waals surface area contributed by atoms with Crippen LogP contribution in [0.15, 0.2) is 24.3 Å². The summed E-state index contributed by atoms with van der Waals surface area (Å²) in [5.41, 5.74) is 1.59. The topological polar surface area (TPSA) is 58.2 Å². The molecule has 0 aromatic heterocycles. The van der Waals surface area contributed by atoms with Crippen LogP contribution in [0.25, 0.3) is 0 Å².